The van der Waals surface area contributed by atoms with Crippen molar-refractivity contribution in [3.05, 3.63) is 29.8 Å². The van der Waals surface area contributed by atoms with Gasteiger partial charge in [-0.25, -0.2) is 0 Å². The van der Waals surface area contributed by atoms with Gasteiger partial charge in [0.1, 0.15) is 5.75 Å². The molecule has 0 amide bonds. The Hall–Kier alpha value is -1.62. The number of anilines is 1. The summed E-state index contributed by atoms with van der Waals surface area (Å²) in [5, 5.41) is 3.19. The Morgan fingerprint density at radius 2 is 2.18 bits per heavy atom. The largest absolute Gasteiger partial charge is 0.433 e. The van der Waals surface area contributed by atoms with Crippen LogP contribution in [0.5, 0.6) is 5.75 Å². The molecule has 0 spiro atoms. The predicted octanol–water partition coefficient (Wildman–Crippen LogP) is 2.25. The van der Waals surface area contributed by atoms with Gasteiger partial charge in [-0.2, -0.15) is 8.78 Å². The summed E-state index contributed by atoms with van der Waals surface area (Å²) < 4.78 is 28.7. The van der Waals surface area contributed by atoms with Gasteiger partial charge in [-0.3, -0.25) is 0 Å². The Morgan fingerprint density at radius 3 is 2.82 bits per heavy atom. The molecule has 0 unspecified atom stereocenters. The molecule has 0 saturated heterocycles. The third kappa shape index (κ3) is 2.94. The minimum atomic E-state index is -2.85. The van der Waals surface area contributed by atoms with Gasteiger partial charge in [0.05, 0.1) is 5.69 Å². The maximum absolute atomic E-state index is 12.2. The van der Waals surface area contributed by atoms with Crippen LogP contribution in [-0.4, -0.2) is 19.7 Å². The maximum Gasteiger partial charge on any atom is 0.387 e. The van der Waals surface area contributed by atoms with Crippen LogP contribution < -0.4 is 15.8 Å². The number of hydrogen-bond donors (Lipinski definition) is 2. The van der Waals surface area contributed by atoms with E-state index in [1.165, 1.54) is 0 Å². The molecule has 0 atom stereocenters. The first kappa shape index (κ1) is 11.9. The molecule has 0 saturated carbocycles. The molecule has 0 bridgehead atoms. The summed E-state index contributed by atoms with van der Waals surface area (Å²) >= 11 is 0. The molecule has 0 fully saturated rings. The van der Waals surface area contributed by atoms with Crippen molar-refractivity contribution < 1.29 is 13.5 Å². The summed E-state index contributed by atoms with van der Waals surface area (Å²) in [6.45, 7) is -1.17. The quantitative estimate of drug-likeness (QED) is 0.796. The highest BCUT2D eigenvalue weighted by molar-refractivity contribution is 5.70. The second kappa shape index (κ2) is 5.14. The van der Waals surface area contributed by atoms with Crippen LogP contribution in [0.15, 0.2) is 24.3 Å². The van der Waals surface area contributed by atoms with Crippen molar-refractivity contribution in [1.82, 2.24) is 5.32 Å². The molecule has 0 radical (unpaired) electrons. The third-order valence-corrected chi connectivity index (χ3v) is 2.66. The Kier molecular flexibility index (Phi) is 3.58. The van der Waals surface area contributed by atoms with Gasteiger partial charge >= 0.3 is 6.61 Å². The molecule has 92 valence electrons. The van der Waals surface area contributed by atoms with Gasteiger partial charge in [0.25, 0.3) is 0 Å². The van der Waals surface area contributed by atoms with Crippen molar-refractivity contribution in [2.24, 2.45) is 0 Å². The van der Waals surface area contributed by atoms with Crippen LogP contribution in [0.25, 0.3) is 5.57 Å². The molecular formula is C12H14F2N2O. The molecule has 17 heavy (non-hydrogen) atoms. The predicted molar refractivity (Wildman–Crippen MR) is 63.0 cm³/mol. The standard InChI is InChI=1S/C12H14F2N2O/c13-12(14)17-11-7-9(1-2-10(11)15)8-3-5-16-6-4-8/h1-3,7,12,16H,4-6,15H2. The van der Waals surface area contributed by atoms with Gasteiger partial charge in [0.2, 0.25) is 0 Å². The van der Waals surface area contributed by atoms with Crippen LogP contribution in [-0.2, 0) is 0 Å². The van der Waals surface area contributed by atoms with Crippen molar-refractivity contribution in [3.63, 3.8) is 0 Å². The SMILES string of the molecule is Nc1ccc(C2=CCNCC2)cc1OC(F)F. The number of hydrogen-bond acceptors (Lipinski definition) is 3. The topological polar surface area (TPSA) is 47.3 Å². The van der Waals surface area contributed by atoms with Gasteiger partial charge in [-0.15, -0.1) is 0 Å². The lowest BCUT2D eigenvalue weighted by Crippen LogP contribution is -2.20. The van der Waals surface area contributed by atoms with Gasteiger partial charge in [-0.05, 0) is 36.2 Å². The average molecular weight is 240 g/mol. The number of rotatable bonds is 3. The van der Waals surface area contributed by atoms with E-state index >= 15 is 0 Å². The molecule has 1 aliphatic rings. The van der Waals surface area contributed by atoms with E-state index < -0.39 is 6.61 Å². The first-order chi connectivity index (χ1) is 8.16. The van der Waals surface area contributed by atoms with E-state index in [2.05, 4.69) is 10.1 Å². The maximum atomic E-state index is 12.2. The monoisotopic (exact) mass is 240 g/mol. The summed E-state index contributed by atoms with van der Waals surface area (Å²) in [4.78, 5) is 0. The molecular weight excluding hydrogens is 226 g/mol. The first-order valence-electron chi connectivity index (χ1n) is 5.41. The average Bonchev–Trinajstić information content (AvgIpc) is 2.32. The smallest absolute Gasteiger partial charge is 0.387 e. The van der Waals surface area contributed by atoms with Crippen LogP contribution in [0, 0.1) is 0 Å². The fourth-order valence-electron chi connectivity index (χ4n) is 1.82. The zero-order valence-electron chi connectivity index (χ0n) is 9.25. The van der Waals surface area contributed by atoms with E-state index in [0.29, 0.717) is 0 Å². The summed E-state index contributed by atoms with van der Waals surface area (Å²) in [7, 11) is 0. The van der Waals surface area contributed by atoms with E-state index in [4.69, 9.17) is 5.73 Å². The second-order valence-corrected chi connectivity index (χ2v) is 3.81. The highest BCUT2D eigenvalue weighted by Crippen LogP contribution is 2.29. The molecule has 1 aromatic rings. The molecule has 5 heteroatoms. The van der Waals surface area contributed by atoms with E-state index in [9.17, 15) is 8.78 Å². The number of nitrogens with two attached hydrogens (primary N) is 1. The Labute approximate surface area is 98.3 Å². The number of halogens is 2. The lowest BCUT2D eigenvalue weighted by atomic mass is 10.00. The number of alkyl halides is 2. The van der Waals surface area contributed by atoms with Crippen molar-refractivity contribution in [1.29, 1.82) is 0 Å². The van der Waals surface area contributed by atoms with Gasteiger partial charge < -0.3 is 15.8 Å². The minimum absolute atomic E-state index is 0.0388. The third-order valence-electron chi connectivity index (χ3n) is 2.66. The first-order valence-corrected chi connectivity index (χ1v) is 5.41. The molecule has 3 N–H and O–H groups in total. The molecule has 3 nitrogen and oxygen atoms in total. The molecule has 0 aliphatic carbocycles. The van der Waals surface area contributed by atoms with E-state index in [1.807, 2.05) is 12.1 Å². The fraction of sp³-hybridized carbons (Fsp3) is 0.333. The highest BCUT2D eigenvalue weighted by Gasteiger charge is 2.11. The summed E-state index contributed by atoms with van der Waals surface area (Å²) in [6, 6.07) is 4.99. The number of benzene rings is 1. The Balaban J connectivity index is 2.26. The van der Waals surface area contributed by atoms with Crippen molar-refractivity contribution in [3.8, 4) is 5.75 Å². The number of nitrogen functional groups attached to an aromatic ring is 1. The number of ether oxygens (including phenoxy) is 1. The second-order valence-electron chi connectivity index (χ2n) is 3.81. The van der Waals surface area contributed by atoms with Crippen molar-refractivity contribution >= 4 is 11.3 Å². The van der Waals surface area contributed by atoms with Crippen LogP contribution in [0.3, 0.4) is 0 Å². The summed E-state index contributed by atoms with van der Waals surface area (Å²) in [6.07, 6.45) is 2.92. The van der Waals surface area contributed by atoms with Gasteiger partial charge in [0.15, 0.2) is 0 Å². The molecule has 2 rings (SSSR count). The van der Waals surface area contributed by atoms with Crippen LogP contribution in [0.1, 0.15) is 12.0 Å². The molecule has 1 aromatic carbocycles. The fourth-order valence-corrected chi connectivity index (χ4v) is 1.82. The zero-order valence-corrected chi connectivity index (χ0v) is 9.25. The van der Waals surface area contributed by atoms with Crippen LogP contribution in [0.4, 0.5) is 14.5 Å². The normalized spacial score (nSPS) is 15.8. The zero-order chi connectivity index (χ0) is 12.3. The van der Waals surface area contributed by atoms with Crippen LogP contribution >= 0.6 is 0 Å². The number of nitrogens with one attached hydrogen (secondary N) is 1. The van der Waals surface area contributed by atoms with E-state index in [-0.39, 0.29) is 11.4 Å². The van der Waals surface area contributed by atoms with Gasteiger partial charge in [0, 0.05) is 6.54 Å². The van der Waals surface area contributed by atoms with Crippen LogP contribution in [0.2, 0.25) is 0 Å². The minimum Gasteiger partial charge on any atom is -0.433 e. The van der Waals surface area contributed by atoms with E-state index in [0.717, 1.165) is 30.6 Å². The van der Waals surface area contributed by atoms with Crippen molar-refractivity contribution in [2.45, 2.75) is 13.0 Å². The van der Waals surface area contributed by atoms with Gasteiger partial charge in [-0.1, -0.05) is 12.1 Å². The molecule has 0 aromatic heterocycles. The Morgan fingerprint density at radius 1 is 1.35 bits per heavy atom. The lowest BCUT2D eigenvalue weighted by molar-refractivity contribution is -0.0493. The van der Waals surface area contributed by atoms with E-state index in [1.54, 1.807) is 12.1 Å². The highest BCUT2D eigenvalue weighted by atomic mass is 19.3. The lowest BCUT2D eigenvalue weighted by Gasteiger charge is -2.16. The molecule has 1 aliphatic heterocycles. The van der Waals surface area contributed by atoms with Crippen molar-refractivity contribution in [2.75, 3.05) is 18.8 Å². The summed E-state index contributed by atoms with van der Waals surface area (Å²) in [5.41, 5.74) is 7.82. The Bertz CT molecular complexity index is 433. The summed E-state index contributed by atoms with van der Waals surface area (Å²) in [5.74, 6) is 0.0388. The molecule has 1 heterocycles.